The predicted molar refractivity (Wildman–Crippen MR) is 102 cm³/mol. The van der Waals surface area contributed by atoms with Crippen LogP contribution in [0.15, 0.2) is 53.0 Å². The minimum absolute atomic E-state index is 0.0182. The maximum atomic E-state index is 12.9. The van der Waals surface area contributed by atoms with Gasteiger partial charge < -0.3 is 10.2 Å². The maximum absolute atomic E-state index is 12.9. The van der Waals surface area contributed by atoms with Crippen molar-refractivity contribution in [3.8, 4) is 0 Å². The first kappa shape index (κ1) is 17.0. The first-order valence-corrected chi connectivity index (χ1v) is 9.33. The molecular weight excluding hydrogens is 364 g/mol. The highest BCUT2D eigenvalue weighted by Gasteiger charge is 2.27. The van der Waals surface area contributed by atoms with E-state index in [-0.39, 0.29) is 12.1 Å². The Morgan fingerprint density at radius 1 is 1.12 bits per heavy atom. The number of para-hydroxylation sites is 1. The molecule has 1 aliphatic rings. The molecule has 0 unspecified atom stereocenters. The summed E-state index contributed by atoms with van der Waals surface area (Å²) in [6.07, 6.45) is 4.43. The van der Waals surface area contributed by atoms with Gasteiger partial charge in [-0.2, -0.15) is 0 Å². The molecule has 1 aliphatic heterocycles. The number of urea groups is 1. The first-order valence-electron chi connectivity index (χ1n) is 8.54. The molecule has 0 aromatic heterocycles. The highest BCUT2D eigenvalue weighted by molar-refractivity contribution is 9.10. The molecule has 3 rings (SSSR count). The second-order valence-corrected chi connectivity index (χ2v) is 7.24. The molecule has 0 spiro atoms. The Morgan fingerprint density at radius 3 is 2.75 bits per heavy atom. The fourth-order valence-electron chi connectivity index (χ4n) is 3.32. The molecule has 2 amide bonds. The molecule has 1 N–H and O–H groups in total. The molecule has 0 aliphatic carbocycles. The normalized spacial score (nSPS) is 18.1. The molecule has 24 heavy (non-hydrogen) atoms. The van der Waals surface area contributed by atoms with E-state index >= 15 is 0 Å². The van der Waals surface area contributed by atoms with Crippen molar-refractivity contribution < 1.29 is 4.79 Å². The number of hydrogen-bond donors (Lipinski definition) is 1. The van der Waals surface area contributed by atoms with Gasteiger partial charge in [-0.05, 0) is 53.4 Å². The van der Waals surface area contributed by atoms with Crippen LogP contribution in [0.5, 0.6) is 0 Å². The Morgan fingerprint density at radius 2 is 1.96 bits per heavy atom. The van der Waals surface area contributed by atoms with Crippen LogP contribution >= 0.6 is 15.9 Å². The third kappa shape index (κ3) is 3.99. The van der Waals surface area contributed by atoms with Gasteiger partial charge in [0, 0.05) is 11.0 Å². The van der Waals surface area contributed by atoms with E-state index in [2.05, 4.69) is 52.4 Å². The van der Waals surface area contributed by atoms with Crippen molar-refractivity contribution in [3.63, 3.8) is 0 Å². The van der Waals surface area contributed by atoms with Crippen molar-refractivity contribution in [2.24, 2.45) is 0 Å². The van der Waals surface area contributed by atoms with Gasteiger partial charge in [0.05, 0.1) is 11.7 Å². The average Bonchev–Trinajstić information content (AvgIpc) is 2.83. The predicted octanol–water partition coefficient (Wildman–Crippen LogP) is 5.91. The van der Waals surface area contributed by atoms with E-state index in [1.807, 2.05) is 29.2 Å². The summed E-state index contributed by atoms with van der Waals surface area (Å²) in [5, 5.41) is 3.06. The lowest BCUT2D eigenvalue weighted by atomic mass is 9.99. The number of nitrogens with one attached hydrogen (secondary N) is 1. The van der Waals surface area contributed by atoms with Gasteiger partial charge in [0.25, 0.3) is 0 Å². The maximum Gasteiger partial charge on any atom is 0.322 e. The van der Waals surface area contributed by atoms with Crippen molar-refractivity contribution in [1.82, 2.24) is 4.90 Å². The number of carbonyl (C=O) groups is 1. The van der Waals surface area contributed by atoms with Crippen LogP contribution in [0.3, 0.4) is 0 Å². The molecule has 4 heteroatoms. The van der Waals surface area contributed by atoms with Crippen LogP contribution in [0.1, 0.15) is 42.9 Å². The lowest BCUT2D eigenvalue weighted by molar-refractivity contribution is 0.189. The standard InChI is InChI=1S/C20H23BrN2O/c1-15-8-7-9-16(14-15)19-12-3-2-6-13-23(19)20(24)22-18-11-5-4-10-17(18)21/h4-5,7-11,14,19H,2-3,6,12-13H2,1H3,(H,22,24)/t19-/m0/s1. The number of nitrogens with zero attached hydrogens (tertiary/aromatic N) is 1. The molecular formula is C20H23BrN2O. The van der Waals surface area contributed by atoms with E-state index in [1.54, 1.807) is 0 Å². The Kier molecular flexibility index (Phi) is 5.56. The molecule has 0 radical (unpaired) electrons. The van der Waals surface area contributed by atoms with Gasteiger partial charge in [-0.15, -0.1) is 0 Å². The molecule has 0 saturated carbocycles. The average molecular weight is 387 g/mol. The van der Waals surface area contributed by atoms with Gasteiger partial charge in [-0.25, -0.2) is 4.79 Å². The van der Waals surface area contributed by atoms with Gasteiger partial charge in [0.2, 0.25) is 0 Å². The van der Waals surface area contributed by atoms with E-state index in [1.165, 1.54) is 17.5 Å². The second kappa shape index (κ2) is 7.84. The highest BCUT2D eigenvalue weighted by atomic mass is 79.9. The summed E-state index contributed by atoms with van der Waals surface area (Å²) in [6, 6.07) is 16.4. The second-order valence-electron chi connectivity index (χ2n) is 6.38. The molecule has 1 saturated heterocycles. The molecule has 2 aromatic rings. The van der Waals surface area contributed by atoms with Crippen LogP contribution in [-0.2, 0) is 0 Å². The van der Waals surface area contributed by atoms with Crippen LogP contribution < -0.4 is 5.32 Å². The third-order valence-corrected chi connectivity index (χ3v) is 5.25. The summed E-state index contributed by atoms with van der Waals surface area (Å²) in [7, 11) is 0. The molecule has 1 heterocycles. The van der Waals surface area contributed by atoms with Gasteiger partial charge in [-0.1, -0.05) is 54.8 Å². The van der Waals surface area contributed by atoms with Gasteiger partial charge in [-0.3, -0.25) is 0 Å². The molecule has 2 aromatic carbocycles. The Bertz CT molecular complexity index is 716. The lowest BCUT2D eigenvalue weighted by Crippen LogP contribution is -2.38. The van der Waals surface area contributed by atoms with Crippen LogP contribution in [0, 0.1) is 6.92 Å². The number of benzene rings is 2. The fourth-order valence-corrected chi connectivity index (χ4v) is 3.71. The van der Waals surface area contributed by atoms with Gasteiger partial charge in [0.15, 0.2) is 0 Å². The van der Waals surface area contributed by atoms with E-state index in [9.17, 15) is 4.79 Å². The number of carbonyl (C=O) groups excluding carboxylic acids is 1. The zero-order chi connectivity index (χ0) is 16.9. The molecule has 1 atom stereocenters. The quantitative estimate of drug-likeness (QED) is 0.683. The summed E-state index contributed by atoms with van der Waals surface area (Å²) in [6.45, 7) is 2.90. The summed E-state index contributed by atoms with van der Waals surface area (Å²) in [4.78, 5) is 14.9. The number of halogens is 1. The Hall–Kier alpha value is -1.81. The van der Waals surface area contributed by atoms with Crippen LogP contribution in [0.4, 0.5) is 10.5 Å². The first-order chi connectivity index (χ1) is 11.6. The van der Waals surface area contributed by atoms with Crippen molar-refractivity contribution in [3.05, 3.63) is 64.1 Å². The van der Waals surface area contributed by atoms with Crippen LogP contribution in [0.2, 0.25) is 0 Å². The van der Waals surface area contributed by atoms with Gasteiger partial charge in [0.1, 0.15) is 0 Å². The zero-order valence-corrected chi connectivity index (χ0v) is 15.6. The van der Waals surface area contributed by atoms with E-state index in [0.29, 0.717) is 0 Å². The Balaban J connectivity index is 1.84. The van der Waals surface area contributed by atoms with E-state index < -0.39 is 0 Å². The van der Waals surface area contributed by atoms with Crippen molar-refractivity contribution in [1.29, 1.82) is 0 Å². The number of rotatable bonds is 2. The summed E-state index contributed by atoms with van der Waals surface area (Å²) in [5.74, 6) is 0. The number of hydrogen-bond acceptors (Lipinski definition) is 1. The van der Waals surface area contributed by atoms with E-state index in [0.717, 1.165) is 36.0 Å². The topological polar surface area (TPSA) is 32.3 Å². The SMILES string of the molecule is Cc1cccc([C@@H]2CCCCCN2C(=O)Nc2ccccc2Br)c1. The molecule has 3 nitrogen and oxygen atoms in total. The monoisotopic (exact) mass is 386 g/mol. The van der Waals surface area contributed by atoms with Crippen molar-refractivity contribution >= 4 is 27.6 Å². The Labute approximate surface area is 152 Å². The summed E-state index contributed by atoms with van der Waals surface area (Å²) >= 11 is 3.50. The van der Waals surface area contributed by atoms with Crippen LogP contribution in [-0.4, -0.2) is 17.5 Å². The van der Waals surface area contributed by atoms with Gasteiger partial charge >= 0.3 is 6.03 Å². The highest BCUT2D eigenvalue weighted by Crippen LogP contribution is 2.31. The number of anilines is 1. The van der Waals surface area contributed by atoms with E-state index in [4.69, 9.17) is 0 Å². The summed E-state index contributed by atoms with van der Waals surface area (Å²) in [5.41, 5.74) is 3.29. The minimum atomic E-state index is -0.0182. The van der Waals surface area contributed by atoms with Crippen molar-refractivity contribution in [2.45, 2.75) is 38.6 Å². The smallest absolute Gasteiger partial charge is 0.317 e. The number of likely N-dealkylation sites (tertiary alicyclic amines) is 1. The largest absolute Gasteiger partial charge is 0.322 e. The van der Waals surface area contributed by atoms with Crippen molar-refractivity contribution in [2.75, 3.05) is 11.9 Å². The zero-order valence-electron chi connectivity index (χ0n) is 14.0. The fraction of sp³-hybridized carbons (Fsp3) is 0.350. The minimum Gasteiger partial charge on any atom is -0.317 e. The summed E-state index contributed by atoms with van der Waals surface area (Å²) < 4.78 is 0.903. The lowest BCUT2D eigenvalue weighted by Gasteiger charge is -2.31. The molecule has 0 bridgehead atoms. The van der Waals surface area contributed by atoms with Crippen LogP contribution in [0.25, 0.3) is 0 Å². The number of aryl methyl sites for hydroxylation is 1. The number of amides is 2. The molecule has 126 valence electrons. The third-order valence-electron chi connectivity index (χ3n) is 4.56. The molecule has 1 fully saturated rings.